The quantitative estimate of drug-likeness (QED) is 0.742. The Balaban J connectivity index is 1.41. The van der Waals surface area contributed by atoms with Gasteiger partial charge >= 0.3 is 0 Å². The number of nitrogens with one attached hydrogen (secondary N) is 1. The molecular weight excluding hydrogens is 361 g/mol. The van der Waals surface area contributed by atoms with Crippen molar-refractivity contribution in [3.05, 3.63) is 66.6 Å². The van der Waals surface area contributed by atoms with E-state index in [0.717, 1.165) is 26.2 Å². The third-order valence-corrected chi connectivity index (χ3v) is 4.43. The van der Waals surface area contributed by atoms with Crippen LogP contribution in [0.1, 0.15) is 10.5 Å². The normalized spacial score (nSPS) is 14.0. The van der Waals surface area contributed by atoms with E-state index in [4.69, 9.17) is 0 Å². The van der Waals surface area contributed by atoms with Crippen molar-refractivity contribution < 1.29 is 9.18 Å². The summed E-state index contributed by atoms with van der Waals surface area (Å²) >= 11 is 0. The first-order valence-electron chi connectivity index (χ1n) is 8.85. The lowest BCUT2D eigenvalue weighted by molar-refractivity contribution is 0.102. The SMILES string of the molecule is O=C(Nc1ccc(F)cc1)c1cc(N2CCN(c3ncccn3)CC2)ncn1. The van der Waals surface area contributed by atoms with E-state index in [-0.39, 0.29) is 17.4 Å². The van der Waals surface area contributed by atoms with Gasteiger partial charge in [-0.1, -0.05) is 0 Å². The van der Waals surface area contributed by atoms with E-state index in [1.165, 1.54) is 30.6 Å². The molecule has 0 spiro atoms. The largest absolute Gasteiger partial charge is 0.353 e. The number of hydrogen-bond acceptors (Lipinski definition) is 7. The summed E-state index contributed by atoms with van der Waals surface area (Å²) in [6.45, 7) is 2.97. The summed E-state index contributed by atoms with van der Waals surface area (Å²) in [5.74, 6) is 0.672. The van der Waals surface area contributed by atoms with E-state index in [1.54, 1.807) is 24.5 Å². The molecule has 3 heterocycles. The molecule has 1 amide bonds. The van der Waals surface area contributed by atoms with Gasteiger partial charge in [-0.25, -0.2) is 24.3 Å². The maximum absolute atomic E-state index is 13.0. The van der Waals surface area contributed by atoms with Gasteiger partial charge in [-0.3, -0.25) is 4.79 Å². The van der Waals surface area contributed by atoms with Gasteiger partial charge in [0.25, 0.3) is 5.91 Å². The zero-order chi connectivity index (χ0) is 19.3. The van der Waals surface area contributed by atoms with Crippen LogP contribution in [-0.4, -0.2) is 52.0 Å². The van der Waals surface area contributed by atoms with Crippen LogP contribution in [0.2, 0.25) is 0 Å². The zero-order valence-electron chi connectivity index (χ0n) is 15.0. The van der Waals surface area contributed by atoms with Crippen molar-refractivity contribution in [1.29, 1.82) is 0 Å². The molecule has 4 rings (SSSR count). The molecule has 9 heteroatoms. The maximum atomic E-state index is 13.0. The molecule has 1 N–H and O–H groups in total. The molecule has 0 radical (unpaired) electrons. The van der Waals surface area contributed by atoms with Crippen LogP contribution in [-0.2, 0) is 0 Å². The molecule has 3 aromatic rings. The Morgan fingerprint density at radius 3 is 2.32 bits per heavy atom. The highest BCUT2D eigenvalue weighted by molar-refractivity contribution is 6.03. The van der Waals surface area contributed by atoms with E-state index in [9.17, 15) is 9.18 Å². The lowest BCUT2D eigenvalue weighted by Gasteiger charge is -2.35. The van der Waals surface area contributed by atoms with Crippen LogP contribution in [0, 0.1) is 5.82 Å². The predicted octanol–water partition coefficient (Wildman–Crippen LogP) is 1.98. The molecule has 1 aromatic carbocycles. The Morgan fingerprint density at radius 1 is 0.929 bits per heavy atom. The highest BCUT2D eigenvalue weighted by Crippen LogP contribution is 2.17. The summed E-state index contributed by atoms with van der Waals surface area (Å²) < 4.78 is 13.0. The Hall–Kier alpha value is -3.62. The topological polar surface area (TPSA) is 87.1 Å². The Labute approximate surface area is 161 Å². The van der Waals surface area contributed by atoms with Crippen LogP contribution in [0.25, 0.3) is 0 Å². The van der Waals surface area contributed by atoms with Gasteiger partial charge in [-0.05, 0) is 30.3 Å². The molecule has 8 nitrogen and oxygen atoms in total. The van der Waals surface area contributed by atoms with E-state index in [2.05, 4.69) is 35.1 Å². The molecule has 142 valence electrons. The van der Waals surface area contributed by atoms with Crippen molar-refractivity contribution in [1.82, 2.24) is 19.9 Å². The number of aromatic nitrogens is 4. The molecule has 0 atom stereocenters. The number of rotatable bonds is 4. The molecule has 28 heavy (non-hydrogen) atoms. The minimum atomic E-state index is -0.369. The third kappa shape index (κ3) is 4.03. The molecule has 0 aliphatic carbocycles. The monoisotopic (exact) mass is 379 g/mol. The lowest BCUT2D eigenvalue weighted by atomic mass is 10.2. The van der Waals surface area contributed by atoms with Gasteiger partial charge in [0.05, 0.1) is 0 Å². The highest BCUT2D eigenvalue weighted by atomic mass is 19.1. The first-order valence-corrected chi connectivity index (χ1v) is 8.85. The molecule has 0 saturated carbocycles. The number of nitrogens with zero attached hydrogens (tertiary/aromatic N) is 6. The first-order chi connectivity index (χ1) is 13.7. The Kier molecular flexibility index (Phi) is 5.05. The van der Waals surface area contributed by atoms with Gasteiger partial charge < -0.3 is 15.1 Å². The average Bonchev–Trinajstić information content (AvgIpc) is 2.76. The molecule has 1 aliphatic heterocycles. The smallest absolute Gasteiger partial charge is 0.274 e. The van der Waals surface area contributed by atoms with Gasteiger partial charge in [0.15, 0.2) is 0 Å². The second kappa shape index (κ2) is 7.95. The van der Waals surface area contributed by atoms with Crippen LogP contribution in [0.3, 0.4) is 0 Å². The zero-order valence-corrected chi connectivity index (χ0v) is 15.0. The summed E-state index contributed by atoms with van der Waals surface area (Å²) in [7, 11) is 0. The molecule has 0 bridgehead atoms. The highest BCUT2D eigenvalue weighted by Gasteiger charge is 2.21. The summed E-state index contributed by atoms with van der Waals surface area (Å²) in [5.41, 5.74) is 0.756. The first kappa shape index (κ1) is 17.8. The predicted molar refractivity (Wildman–Crippen MR) is 103 cm³/mol. The number of halogens is 1. The van der Waals surface area contributed by atoms with Gasteiger partial charge in [-0.2, -0.15) is 0 Å². The molecule has 1 aliphatic rings. The van der Waals surface area contributed by atoms with E-state index < -0.39 is 0 Å². The van der Waals surface area contributed by atoms with Crippen molar-refractivity contribution in [3.8, 4) is 0 Å². The fourth-order valence-electron chi connectivity index (χ4n) is 2.96. The lowest BCUT2D eigenvalue weighted by Crippen LogP contribution is -2.47. The number of carbonyl (C=O) groups excluding carboxylic acids is 1. The van der Waals surface area contributed by atoms with Crippen LogP contribution in [0.15, 0.2) is 55.1 Å². The summed E-state index contributed by atoms with van der Waals surface area (Å²) in [6, 6.07) is 9.03. The van der Waals surface area contributed by atoms with Crippen molar-refractivity contribution in [2.75, 3.05) is 41.3 Å². The summed E-state index contributed by atoms with van der Waals surface area (Å²) in [6.07, 6.45) is 4.83. The molecular formula is C19H18FN7O. The van der Waals surface area contributed by atoms with E-state index in [0.29, 0.717) is 17.5 Å². The second-order valence-electron chi connectivity index (χ2n) is 6.25. The van der Waals surface area contributed by atoms with Gasteiger partial charge in [-0.15, -0.1) is 0 Å². The number of anilines is 3. The van der Waals surface area contributed by atoms with Crippen molar-refractivity contribution in [3.63, 3.8) is 0 Å². The van der Waals surface area contributed by atoms with Crippen molar-refractivity contribution in [2.24, 2.45) is 0 Å². The number of hydrogen-bond donors (Lipinski definition) is 1. The maximum Gasteiger partial charge on any atom is 0.274 e. The van der Waals surface area contributed by atoms with Crippen molar-refractivity contribution >= 4 is 23.4 Å². The fourth-order valence-corrected chi connectivity index (χ4v) is 2.96. The van der Waals surface area contributed by atoms with Crippen LogP contribution in [0.4, 0.5) is 21.8 Å². The minimum Gasteiger partial charge on any atom is -0.353 e. The standard InChI is InChI=1S/C19H18FN7O/c20-14-2-4-15(5-3-14)25-18(28)16-12-17(24-13-23-16)26-8-10-27(11-9-26)19-21-6-1-7-22-19/h1-7,12-13H,8-11H2,(H,25,28). The number of amides is 1. The van der Waals surface area contributed by atoms with Gasteiger partial charge in [0.2, 0.25) is 5.95 Å². The van der Waals surface area contributed by atoms with Crippen LogP contribution < -0.4 is 15.1 Å². The van der Waals surface area contributed by atoms with Gasteiger partial charge in [0, 0.05) is 50.3 Å². The molecule has 1 saturated heterocycles. The Morgan fingerprint density at radius 2 is 1.61 bits per heavy atom. The molecule has 2 aromatic heterocycles. The Bertz CT molecular complexity index is 944. The summed E-state index contributed by atoms with van der Waals surface area (Å²) in [4.78, 5) is 33.5. The van der Waals surface area contributed by atoms with Crippen LogP contribution >= 0.6 is 0 Å². The van der Waals surface area contributed by atoms with Crippen molar-refractivity contribution in [2.45, 2.75) is 0 Å². The number of carbonyl (C=O) groups is 1. The second-order valence-corrected chi connectivity index (χ2v) is 6.25. The number of benzene rings is 1. The third-order valence-electron chi connectivity index (χ3n) is 4.43. The van der Waals surface area contributed by atoms with Gasteiger partial charge in [0.1, 0.15) is 23.7 Å². The average molecular weight is 379 g/mol. The molecule has 1 fully saturated rings. The van der Waals surface area contributed by atoms with Crippen LogP contribution in [0.5, 0.6) is 0 Å². The molecule has 0 unspecified atom stereocenters. The fraction of sp³-hybridized carbons (Fsp3) is 0.211. The summed E-state index contributed by atoms with van der Waals surface area (Å²) in [5, 5.41) is 2.70. The minimum absolute atomic E-state index is 0.253. The van der Waals surface area contributed by atoms with E-state index in [1.807, 2.05) is 0 Å². The number of piperazine rings is 1. The van der Waals surface area contributed by atoms with E-state index >= 15 is 0 Å².